The average Bonchev–Trinajstić information content (AvgIpc) is 2.49. The summed E-state index contributed by atoms with van der Waals surface area (Å²) in [5.74, 6) is 0. The van der Waals surface area contributed by atoms with Crippen LogP contribution < -0.4 is 0 Å². The van der Waals surface area contributed by atoms with E-state index in [0.29, 0.717) is 0 Å². The van der Waals surface area contributed by atoms with E-state index in [-0.39, 0.29) is 0 Å². The van der Waals surface area contributed by atoms with E-state index in [1.165, 1.54) is 11.1 Å². The summed E-state index contributed by atoms with van der Waals surface area (Å²) in [6.07, 6.45) is 3.62. The third-order valence-corrected chi connectivity index (χ3v) is 3.33. The summed E-state index contributed by atoms with van der Waals surface area (Å²) in [6, 6.07) is 16.7. The van der Waals surface area contributed by atoms with Gasteiger partial charge in [0.25, 0.3) is 0 Å². The molecule has 0 spiro atoms. The van der Waals surface area contributed by atoms with Crippen molar-refractivity contribution in [2.75, 3.05) is 0 Å². The van der Waals surface area contributed by atoms with E-state index in [1.807, 2.05) is 12.4 Å². The van der Waals surface area contributed by atoms with Crippen LogP contribution in [0.25, 0.3) is 22.5 Å². The molecule has 1 aromatic heterocycles. The molecule has 1 heterocycles. The highest BCUT2D eigenvalue weighted by Gasteiger charge is 2.04. The topological polar surface area (TPSA) is 25.8 Å². The van der Waals surface area contributed by atoms with Crippen LogP contribution in [-0.4, -0.2) is 9.97 Å². The highest BCUT2D eigenvalue weighted by atomic mass is 14.8. The van der Waals surface area contributed by atoms with E-state index in [2.05, 4.69) is 67.4 Å². The predicted octanol–water partition coefficient (Wildman–Crippen LogP) is 4.43. The largest absolute Gasteiger partial charge is 0.260 e. The Morgan fingerprint density at radius 3 is 1.40 bits per heavy atom. The zero-order valence-electron chi connectivity index (χ0n) is 11.7. The molecular weight excluding hydrogens is 244 g/mol. The number of aromatic nitrogens is 2. The first-order valence-corrected chi connectivity index (χ1v) is 6.68. The summed E-state index contributed by atoms with van der Waals surface area (Å²) in [4.78, 5) is 9.03. The summed E-state index contributed by atoms with van der Waals surface area (Å²) >= 11 is 0. The van der Waals surface area contributed by atoms with Gasteiger partial charge in [-0.15, -0.1) is 0 Å². The van der Waals surface area contributed by atoms with Crippen molar-refractivity contribution in [2.45, 2.75) is 13.8 Å². The summed E-state index contributed by atoms with van der Waals surface area (Å²) in [6.45, 7) is 4.16. The molecule has 0 amide bonds. The van der Waals surface area contributed by atoms with Crippen LogP contribution in [0.5, 0.6) is 0 Å². The number of hydrogen-bond acceptors (Lipinski definition) is 2. The van der Waals surface area contributed by atoms with Gasteiger partial charge in [0.2, 0.25) is 0 Å². The zero-order valence-corrected chi connectivity index (χ0v) is 11.7. The lowest BCUT2D eigenvalue weighted by atomic mass is 10.1. The van der Waals surface area contributed by atoms with E-state index >= 15 is 0 Å². The van der Waals surface area contributed by atoms with Crippen molar-refractivity contribution in [1.29, 1.82) is 0 Å². The van der Waals surface area contributed by atoms with Crippen LogP contribution in [0, 0.1) is 13.8 Å². The van der Waals surface area contributed by atoms with Crippen LogP contribution in [0.3, 0.4) is 0 Å². The van der Waals surface area contributed by atoms with Gasteiger partial charge < -0.3 is 0 Å². The first kappa shape index (κ1) is 12.5. The van der Waals surface area contributed by atoms with Crippen LogP contribution in [-0.2, 0) is 0 Å². The lowest BCUT2D eigenvalue weighted by Gasteiger charge is -2.05. The molecule has 0 aliphatic rings. The third-order valence-electron chi connectivity index (χ3n) is 3.33. The number of hydrogen-bond donors (Lipinski definition) is 0. The molecule has 2 aromatic carbocycles. The van der Waals surface area contributed by atoms with Gasteiger partial charge >= 0.3 is 0 Å². The fourth-order valence-electron chi connectivity index (χ4n) is 2.09. The Balaban J connectivity index is 2.01. The van der Waals surface area contributed by atoms with Crippen LogP contribution in [0.2, 0.25) is 0 Å². The first-order valence-electron chi connectivity index (χ1n) is 6.68. The lowest BCUT2D eigenvalue weighted by Crippen LogP contribution is -1.90. The second-order valence-electron chi connectivity index (χ2n) is 5.02. The number of benzene rings is 2. The molecule has 98 valence electrons. The van der Waals surface area contributed by atoms with Crippen LogP contribution in [0.15, 0.2) is 60.9 Å². The van der Waals surface area contributed by atoms with Crippen molar-refractivity contribution in [1.82, 2.24) is 9.97 Å². The minimum atomic E-state index is 0.906. The summed E-state index contributed by atoms with van der Waals surface area (Å²) in [5.41, 5.74) is 6.49. The molecule has 3 aromatic rings. The van der Waals surface area contributed by atoms with Gasteiger partial charge in [0.1, 0.15) is 0 Å². The van der Waals surface area contributed by atoms with Crippen LogP contribution >= 0.6 is 0 Å². The Bertz CT molecular complexity index is 652. The van der Waals surface area contributed by atoms with Crippen LogP contribution in [0.1, 0.15) is 11.1 Å². The molecule has 2 heteroatoms. The molecule has 0 N–H and O–H groups in total. The third kappa shape index (κ3) is 2.59. The summed E-state index contributed by atoms with van der Waals surface area (Å²) < 4.78 is 0. The second-order valence-corrected chi connectivity index (χ2v) is 5.02. The predicted molar refractivity (Wildman–Crippen MR) is 82.4 cm³/mol. The molecule has 0 unspecified atom stereocenters. The first-order chi connectivity index (χ1) is 9.72. The highest BCUT2D eigenvalue weighted by Crippen LogP contribution is 2.22. The Hall–Kier alpha value is -2.48. The molecular formula is C18H16N2. The molecule has 0 saturated carbocycles. The number of rotatable bonds is 2. The van der Waals surface area contributed by atoms with Crippen molar-refractivity contribution in [3.8, 4) is 22.5 Å². The van der Waals surface area contributed by atoms with Gasteiger partial charge in [-0.3, -0.25) is 4.98 Å². The fraction of sp³-hybridized carbons (Fsp3) is 0.111. The maximum Gasteiger partial charge on any atom is 0.0892 e. The SMILES string of the molecule is Cc1ccc(-c2cncc(-c3ccc(C)cc3)n2)cc1. The molecule has 0 radical (unpaired) electrons. The Kier molecular flexibility index (Phi) is 3.30. The smallest absolute Gasteiger partial charge is 0.0892 e. The van der Waals surface area contributed by atoms with E-state index < -0.39 is 0 Å². The quantitative estimate of drug-likeness (QED) is 0.681. The van der Waals surface area contributed by atoms with E-state index in [9.17, 15) is 0 Å². The Morgan fingerprint density at radius 1 is 0.600 bits per heavy atom. The highest BCUT2D eigenvalue weighted by molar-refractivity contribution is 5.64. The van der Waals surface area contributed by atoms with Crippen molar-refractivity contribution in [3.63, 3.8) is 0 Å². The lowest BCUT2D eigenvalue weighted by molar-refractivity contribution is 1.21. The number of nitrogens with zero attached hydrogens (tertiary/aromatic N) is 2. The molecule has 0 fully saturated rings. The van der Waals surface area contributed by atoms with Gasteiger partial charge in [-0.05, 0) is 13.8 Å². The van der Waals surface area contributed by atoms with Gasteiger partial charge in [0, 0.05) is 11.1 Å². The van der Waals surface area contributed by atoms with Gasteiger partial charge in [0.05, 0.1) is 23.8 Å². The van der Waals surface area contributed by atoms with Crippen molar-refractivity contribution in [3.05, 3.63) is 72.1 Å². The minimum Gasteiger partial charge on any atom is -0.260 e. The Morgan fingerprint density at radius 2 is 1.00 bits per heavy atom. The number of aryl methyl sites for hydroxylation is 2. The average molecular weight is 260 g/mol. The van der Waals surface area contributed by atoms with Gasteiger partial charge in [0.15, 0.2) is 0 Å². The maximum atomic E-state index is 4.71. The zero-order chi connectivity index (χ0) is 13.9. The monoisotopic (exact) mass is 260 g/mol. The molecule has 0 bridgehead atoms. The minimum absolute atomic E-state index is 0.906. The maximum absolute atomic E-state index is 4.71. The van der Waals surface area contributed by atoms with Gasteiger partial charge in [-0.25, -0.2) is 4.98 Å². The Labute approximate surface area is 119 Å². The molecule has 0 atom stereocenters. The van der Waals surface area contributed by atoms with E-state index in [1.54, 1.807) is 0 Å². The molecule has 0 aliphatic carbocycles. The summed E-state index contributed by atoms with van der Waals surface area (Å²) in [5, 5.41) is 0. The second kappa shape index (κ2) is 5.25. The van der Waals surface area contributed by atoms with E-state index in [0.717, 1.165) is 22.5 Å². The van der Waals surface area contributed by atoms with Crippen molar-refractivity contribution in [2.24, 2.45) is 0 Å². The molecule has 2 nitrogen and oxygen atoms in total. The molecule has 3 rings (SSSR count). The van der Waals surface area contributed by atoms with Crippen molar-refractivity contribution >= 4 is 0 Å². The molecule has 0 saturated heterocycles. The van der Waals surface area contributed by atoms with E-state index in [4.69, 9.17) is 4.98 Å². The standard InChI is InChI=1S/C18H16N2/c1-13-3-7-15(8-4-13)17-11-19-12-18(20-17)16-9-5-14(2)6-10-16/h3-12H,1-2H3. The fourth-order valence-corrected chi connectivity index (χ4v) is 2.09. The van der Waals surface area contributed by atoms with Gasteiger partial charge in [-0.1, -0.05) is 59.7 Å². The normalized spacial score (nSPS) is 10.5. The molecule has 0 aliphatic heterocycles. The van der Waals surface area contributed by atoms with Crippen molar-refractivity contribution < 1.29 is 0 Å². The van der Waals surface area contributed by atoms with Gasteiger partial charge in [-0.2, -0.15) is 0 Å². The molecule has 20 heavy (non-hydrogen) atoms. The van der Waals surface area contributed by atoms with Crippen LogP contribution in [0.4, 0.5) is 0 Å². The summed E-state index contributed by atoms with van der Waals surface area (Å²) in [7, 11) is 0.